The fourth-order valence-corrected chi connectivity index (χ4v) is 5.61. The second-order valence-electron chi connectivity index (χ2n) is 10.6. The molecule has 222 valence electrons. The van der Waals surface area contributed by atoms with Gasteiger partial charge >= 0.3 is 0 Å². The molecule has 2 aliphatic rings. The summed E-state index contributed by atoms with van der Waals surface area (Å²) in [4.78, 5) is 42.1. The van der Waals surface area contributed by atoms with Gasteiger partial charge in [0.05, 0.1) is 40.6 Å². The Kier molecular flexibility index (Phi) is 6.98. The fourth-order valence-electron chi connectivity index (χ4n) is 5.61. The molecule has 0 unspecified atom stereocenters. The number of nitrogens with zero attached hydrogens (tertiary/aromatic N) is 7. The van der Waals surface area contributed by atoms with Gasteiger partial charge in [0.15, 0.2) is 11.6 Å². The minimum atomic E-state index is -0.771. The monoisotopic (exact) mass is 592 g/mol. The first-order valence-electron chi connectivity index (χ1n) is 14.2. The third-order valence-electron chi connectivity index (χ3n) is 7.93. The van der Waals surface area contributed by atoms with Gasteiger partial charge in [-0.3, -0.25) is 19.3 Å². The SMILES string of the molecule is Cc1cccnc1Cn1cc(N2CCN(C(=O)C(=O)c3c[nH]c4c(N5C=CNN5)ncc(F)c34)CC2)c(-c2ccccc2)n1. The van der Waals surface area contributed by atoms with Gasteiger partial charge in [-0.2, -0.15) is 5.10 Å². The van der Waals surface area contributed by atoms with Crippen LogP contribution in [0.2, 0.25) is 0 Å². The molecule has 5 aromatic rings. The van der Waals surface area contributed by atoms with Crippen LogP contribution in [-0.2, 0) is 11.3 Å². The zero-order valence-corrected chi connectivity index (χ0v) is 23.9. The summed E-state index contributed by atoms with van der Waals surface area (Å²) < 4.78 is 16.8. The highest BCUT2D eigenvalue weighted by molar-refractivity contribution is 6.45. The number of aromatic nitrogens is 5. The number of hydrazine groups is 2. The summed E-state index contributed by atoms with van der Waals surface area (Å²) in [6.07, 6.45) is 9.51. The van der Waals surface area contributed by atoms with Crippen molar-refractivity contribution in [3.63, 3.8) is 0 Å². The summed E-state index contributed by atoms with van der Waals surface area (Å²) in [7, 11) is 0. The van der Waals surface area contributed by atoms with Crippen molar-refractivity contribution in [2.24, 2.45) is 0 Å². The number of carbonyl (C=O) groups is 2. The van der Waals surface area contributed by atoms with Gasteiger partial charge in [0.1, 0.15) is 5.69 Å². The summed E-state index contributed by atoms with van der Waals surface area (Å²) in [6, 6.07) is 13.9. The maximum atomic E-state index is 14.9. The number of aromatic amines is 1. The van der Waals surface area contributed by atoms with Crippen molar-refractivity contribution in [1.82, 2.24) is 40.6 Å². The largest absolute Gasteiger partial charge is 0.365 e. The van der Waals surface area contributed by atoms with Crippen LogP contribution in [0.1, 0.15) is 21.6 Å². The van der Waals surface area contributed by atoms with Gasteiger partial charge in [-0.1, -0.05) is 36.4 Å². The minimum absolute atomic E-state index is 0.0251. The number of hydrogen-bond donors (Lipinski definition) is 3. The number of hydrogen-bond acceptors (Lipinski definition) is 9. The van der Waals surface area contributed by atoms with Crippen LogP contribution in [0, 0.1) is 12.7 Å². The molecular weight excluding hydrogens is 563 g/mol. The van der Waals surface area contributed by atoms with Crippen LogP contribution in [-0.4, -0.2) is 67.5 Å². The summed E-state index contributed by atoms with van der Waals surface area (Å²) in [5.41, 5.74) is 10.7. The summed E-state index contributed by atoms with van der Waals surface area (Å²) >= 11 is 0. The van der Waals surface area contributed by atoms with Crippen molar-refractivity contribution in [3.8, 4) is 11.3 Å². The van der Waals surface area contributed by atoms with E-state index >= 15 is 0 Å². The third-order valence-corrected chi connectivity index (χ3v) is 7.93. The third kappa shape index (κ3) is 4.92. The Morgan fingerprint density at radius 1 is 1.02 bits per heavy atom. The van der Waals surface area contributed by atoms with Crippen LogP contribution in [0.15, 0.2) is 79.7 Å². The van der Waals surface area contributed by atoms with Gasteiger partial charge in [-0.05, 0) is 18.6 Å². The van der Waals surface area contributed by atoms with E-state index in [1.807, 2.05) is 60.3 Å². The number of carbonyl (C=O) groups excluding carboxylic acids is 2. The number of aryl methyl sites for hydroxylation is 1. The zero-order chi connectivity index (χ0) is 30.2. The molecule has 1 saturated heterocycles. The molecule has 1 amide bonds. The van der Waals surface area contributed by atoms with Gasteiger partial charge in [0, 0.05) is 62.7 Å². The predicted octanol–water partition coefficient (Wildman–Crippen LogP) is 3.15. The van der Waals surface area contributed by atoms with Gasteiger partial charge < -0.3 is 20.2 Å². The average molecular weight is 593 g/mol. The molecule has 0 spiro atoms. The normalized spacial score (nSPS) is 14.8. The van der Waals surface area contributed by atoms with Crippen LogP contribution in [0.4, 0.5) is 15.9 Å². The van der Waals surface area contributed by atoms with Gasteiger partial charge in [0.2, 0.25) is 0 Å². The molecule has 3 N–H and O–H groups in total. The molecule has 4 aromatic heterocycles. The topological polar surface area (TPSA) is 127 Å². The molecule has 0 atom stereocenters. The average Bonchev–Trinajstić information content (AvgIpc) is 3.83. The van der Waals surface area contributed by atoms with Crippen molar-refractivity contribution in [3.05, 3.63) is 102 Å². The zero-order valence-electron chi connectivity index (χ0n) is 23.9. The fraction of sp³-hybridized carbons (Fsp3) is 0.194. The Balaban J connectivity index is 1.10. The van der Waals surface area contributed by atoms with E-state index in [4.69, 9.17) is 5.10 Å². The number of rotatable bonds is 7. The number of amides is 1. The highest BCUT2D eigenvalue weighted by Crippen LogP contribution is 2.32. The lowest BCUT2D eigenvalue weighted by atomic mass is 10.1. The van der Waals surface area contributed by atoms with Crippen LogP contribution in [0.3, 0.4) is 0 Å². The molecule has 0 radical (unpaired) electrons. The summed E-state index contributed by atoms with van der Waals surface area (Å²) in [5, 5.41) is 6.48. The number of H-pyrrole nitrogens is 1. The molecule has 0 bridgehead atoms. The van der Waals surface area contributed by atoms with Gasteiger partial charge in [-0.25, -0.2) is 14.4 Å². The second kappa shape index (κ2) is 11.3. The van der Waals surface area contributed by atoms with Crippen molar-refractivity contribution in [1.29, 1.82) is 0 Å². The van der Waals surface area contributed by atoms with Crippen LogP contribution in [0.25, 0.3) is 22.2 Å². The highest BCUT2D eigenvalue weighted by atomic mass is 19.1. The lowest BCUT2D eigenvalue weighted by molar-refractivity contribution is -0.126. The Morgan fingerprint density at radius 2 is 1.84 bits per heavy atom. The first-order chi connectivity index (χ1) is 21.5. The lowest BCUT2D eigenvalue weighted by Gasteiger charge is -2.35. The lowest BCUT2D eigenvalue weighted by Crippen LogP contribution is -2.50. The molecule has 6 heterocycles. The number of halogens is 1. The molecule has 1 aromatic carbocycles. The molecule has 2 aliphatic heterocycles. The number of benzene rings is 1. The van der Waals surface area contributed by atoms with Gasteiger partial charge in [0.25, 0.3) is 11.7 Å². The van der Waals surface area contributed by atoms with Crippen molar-refractivity contribution in [2.75, 3.05) is 36.1 Å². The molecule has 13 heteroatoms. The summed E-state index contributed by atoms with van der Waals surface area (Å²) in [6.45, 7) is 4.22. The van der Waals surface area contributed by atoms with E-state index in [1.54, 1.807) is 18.6 Å². The number of fused-ring (bicyclic) bond motifs is 1. The van der Waals surface area contributed by atoms with Crippen molar-refractivity contribution >= 4 is 34.1 Å². The summed E-state index contributed by atoms with van der Waals surface area (Å²) in [5.74, 6) is -1.77. The van der Waals surface area contributed by atoms with Crippen molar-refractivity contribution in [2.45, 2.75) is 13.5 Å². The van der Waals surface area contributed by atoms with Gasteiger partial charge in [-0.15, -0.1) is 5.53 Å². The molecule has 1 fully saturated rings. The first-order valence-corrected chi connectivity index (χ1v) is 14.2. The quantitative estimate of drug-likeness (QED) is 0.193. The number of anilines is 2. The molecule has 12 nitrogen and oxygen atoms in total. The number of pyridine rings is 2. The Hall–Kier alpha value is -5.56. The molecule has 7 rings (SSSR count). The van der Waals surface area contributed by atoms with Crippen LogP contribution in [0.5, 0.6) is 0 Å². The highest BCUT2D eigenvalue weighted by Gasteiger charge is 2.31. The van der Waals surface area contributed by atoms with Crippen LogP contribution >= 0.6 is 0 Å². The predicted molar refractivity (Wildman–Crippen MR) is 163 cm³/mol. The Morgan fingerprint density at radius 3 is 2.59 bits per heavy atom. The number of nitrogens with one attached hydrogen (secondary N) is 3. The van der Waals surface area contributed by atoms with E-state index in [-0.39, 0.29) is 10.9 Å². The Labute approximate surface area is 251 Å². The Bertz CT molecular complexity index is 1890. The van der Waals surface area contributed by atoms with Crippen LogP contribution < -0.4 is 20.9 Å². The van der Waals surface area contributed by atoms with Crippen molar-refractivity contribution < 1.29 is 14.0 Å². The van der Waals surface area contributed by atoms with E-state index in [1.165, 1.54) is 16.1 Å². The maximum Gasteiger partial charge on any atom is 0.295 e. The maximum absolute atomic E-state index is 14.9. The smallest absolute Gasteiger partial charge is 0.295 e. The second-order valence-corrected chi connectivity index (χ2v) is 10.6. The number of Topliss-reactive ketones (excluding diaryl/α,β-unsaturated/α-hetero) is 1. The molecule has 0 saturated carbocycles. The van der Waals surface area contributed by atoms with E-state index in [2.05, 4.69) is 30.8 Å². The number of ketones is 1. The first kappa shape index (κ1) is 27.3. The molecular formula is C31H29FN10O2. The standard InChI is InChI=1S/C31H29FN10O2/c1-20-6-5-9-33-24(20)18-41-19-25(27(37-41)21-7-3-2-4-8-21)39-12-14-40(15-13-39)31(44)29(43)22-16-34-28-26(22)23(32)17-35-30(28)42-11-10-36-38-42/h2-11,16-17,19,34,36,38H,12-15,18H2,1H3. The van der Waals surface area contributed by atoms with E-state index in [0.29, 0.717) is 44.1 Å². The molecule has 0 aliphatic carbocycles. The van der Waals surface area contributed by atoms with E-state index in [0.717, 1.165) is 34.4 Å². The molecule has 44 heavy (non-hydrogen) atoms. The van der Waals surface area contributed by atoms with E-state index < -0.39 is 17.5 Å². The van der Waals surface area contributed by atoms with E-state index in [9.17, 15) is 14.0 Å². The minimum Gasteiger partial charge on any atom is -0.365 e. The number of piperazine rings is 1.